The molecule has 1 aromatic carbocycles. The Morgan fingerprint density at radius 1 is 1.45 bits per heavy atom. The lowest BCUT2D eigenvalue weighted by Crippen LogP contribution is -2.35. The fraction of sp³-hybridized carbons (Fsp3) is 0.588. The van der Waals surface area contributed by atoms with Crippen molar-refractivity contribution in [2.24, 2.45) is 0 Å². The lowest BCUT2D eigenvalue weighted by molar-refractivity contribution is 0.0780. The minimum atomic E-state index is -2.58. The summed E-state index contributed by atoms with van der Waals surface area (Å²) in [5.41, 5.74) is 1.87. The molecule has 2 rings (SSSR count). The van der Waals surface area contributed by atoms with Crippen molar-refractivity contribution in [1.82, 2.24) is 9.80 Å². The molecule has 1 aliphatic heterocycles. The molecule has 3 heteroatoms. The van der Waals surface area contributed by atoms with E-state index in [1.54, 1.807) is 18.0 Å². The van der Waals surface area contributed by atoms with Crippen LogP contribution in [0.1, 0.15) is 54.7 Å². The third-order valence-corrected chi connectivity index (χ3v) is 3.68. The fourth-order valence-corrected chi connectivity index (χ4v) is 2.43. The highest BCUT2D eigenvalue weighted by Gasteiger charge is 2.27. The van der Waals surface area contributed by atoms with Crippen LogP contribution >= 0.6 is 0 Å². The highest BCUT2D eigenvalue weighted by Crippen LogP contribution is 2.30. The van der Waals surface area contributed by atoms with Gasteiger partial charge in [-0.3, -0.25) is 4.79 Å². The smallest absolute Gasteiger partial charge is 0.253 e. The molecule has 0 saturated carbocycles. The van der Waals surface area contributed by atoms with E-state index in [1.165, 1.54) is 7.05 Å². The first-order chi connectivity index (χ1) is 11.2. The maximum absolute atomic E-state index is 12.6. The van der Waals surface area contributed by atoms with E-state index in [-0.39, 0.29) is 16.9 Å². The SMILES string of the molecule is [2H]C([2H])([2H])N(C)C([2H])([2H])c1cc(C(C)(C)C)cc2c1CCN(C)C2=O. The summed E-state index contributed by atoms with van der Waals surface area (Å²) in [5.74, 6) is -0.152. The summed E-state index contributed by atoms with van der Waals surface area (Å²) in [7, 11) is 2.97. The van der Waals surface area contributed by atoms with Crippen LogP contribution in [-0.4, -0.2) is 43.3 Å². The minimum Gasteiger partial charge on any atom is -0.341 e. The standard InChI is InChI=1S/C17H26N2O/c1-17(2,3)13-9-12(11-18(4)5)14-7-8-19(6)16(20)15(14)10-13/h9-10H,7-8,11H2,1-6H3/i4D3,11D2. The normalized spacial score (nSPS) is 20.8. The van der Waals surface area contributed by atoms with Gasteiger partial charge in [0.1, 0.15) is 0 Å². The molecule has 0 aliphatic carbocycles. The molecular weight excluding hydrogens is 248 g/mol. The second-order valence-corrected chi connectivity index (χ2v) is 6.45. The maximum Gasteiger partial charge on any atom is 0.253 e. The molecule has 0 aromatic heterocycles. The zero-order valence-corrected chi connectivity index (χ0v) is 12.9. The molecule has 110 valence electrons. The van der Waals surface area contributed by atoms with Gasteiger partial charge in [0.05, 0.1) is 0 Å². The average Bonchev–Trinajstić information content (AvgIpc) is 2.47. The fourth-order valence-electron chi connectivity index (χ4n) is 2.43. The third-order valence-electron chi connectivity index (χ3n) is 3.68. The number of benzene rings is 1. The van der Waals surface area contributed by atoms with Crippen molar-refractivity contribution in [3.63, 3.8) is 0 Å². The van der Waals surface area contributed by atoms with Gasteiger partial charge < -0.3 is 9.80 Å². The molecule has 0 radical (unpaired) electrons. The summed E-state index contributed by atoms with van der Waals surface area (Å²) in [6.45, 7) is 1.65. The number of amides is 1. The average molecular weight is 279 g/mol. The van der Waals surface area contributed by atoms with Crippen LogP contribution in [0.3, 0.4) is 0 Å². The summed E-state index contributed by atoms with van der Waals surface area (Å²) >= 11 is 0. The molecule has 1 heterocycles. The highest BCUT2D eigenvalue weighted by molar-refractivity contribution is 5.97. The summed E-state index contributed by atoms with van der Waals surface area (Å²) in [6.07, 6.45) is 0.506. The minimum absolute atomic E-state index is 0.152. The van der Waals surface area contributed by atoms with Crippen LogP contribution in [0.15, 0.2) is 12.1 Å². The van der Waals surface area contributed by atoms with Crippen molar-refractivity contribution < 1.29 is 11.6 Å². The topological polar surface area (TPSA) is 23.6 Å². The van der Waals surface area contributed by atoms with Crippen molar-refractivity contribution in [2.45, 2.75) is 39.1 Å². The van der Waals surface area contributed by atoms with Gasteiger partial charge in [-0.15, -0.1) is 0 Å². The molecule has 0 saturated heterocycles. The zero-order valence-electron chi connectivity index (χ0n) is 17.9. The molecule has 0 bridgehead atoms. The van der Waals surface area contributed by atoms with Gasteiger partial charge in [0.15, 0.2) is 0 Å². The van der Waals surface area contributed by atoms with Crippen molar-refractivity contribution in [1.29, 1.82) is 0 Å². The first-order valence-corrected chi connectivity index (χ1v) is 6.84. The number of carbonyl (C=O) groups is 1. The van der Waals surface area contributed by atoms with E-state index in [4.69, 9.17) is 6.85 Å². The van der Waals surface area contributed by atoms with Gasteiger partial charge in [0.2, 0.25) is 0 Å². The number of hydrogen-bond acceptors (Lipinski definition) is 2. The number of hydrogen-bond donors (Lipinski definition) is 0. The molecule has 1 aliphatic rings. The van der Waals surface area contributed by atoms with E-state index in [0.29, 0.717) is 24.1 Å². The highest BCUT2D eigenvalue weighted by atomic mass is 16.2. The zero-order chi connectivity index (χ0) is 19.4. The Morgan fingerprint density at radius 3 is 2.75 bits per heavy atom. The van der Waals surface area contributed by atoms with E-state index >= 15 is 0 Å². The number of likely N-dealkylation sites (N-methyl/N-ethyl adjacent to an activating group) is 1. The molecule has 0 unspecified atom stereocenters. The lowest BCUT2D eigenvalue weighted by Gasteiger charge is -2.30. The van der Waals surface area contributed by atoms with Crippen LogP contribution in [0.25, 0.3) is 0 Å². The summed E-state index contributed by atoms with van der Waals surface area (Å²) < 4.78 is 39.7. The van der Waals surface area contributed by atoms with Gasteiger partial charge in [0, 0.05) is 32.5 Å². The Morgan fingerprint density at radius 2 is 2.15 bits per heavy atom. The van der Waals surface area contributed by atoms with Crippen molar-refractivity contribution in [3.8, 4) is 0 Å². The van der Waals surface area contributed by atoms with E-state index < -0.39 is 13.5 Å². The molecule has 0 spiro atoms. The van der Waals surface area contributed by atoms with Gasteiger partial charge in [-0.05, 0) is 48.6 Å². The monoisotopic (exact) mass is 279 g/mol. The molecule has 1 amide bonds. The van der Waals surface area contributed by atoms with Gasteiger partial charge in [0.25, 0.3) is 5.91 Å². The van der Waals surface area contributed by atoms with Crippen LogP contribution in [-0.2, 0) is 18.3 Å². The van der Waals surface area contributed by atoms with E-state index in [1.807, 2.05) is 26.8 Å². The van der Waals surface area contributed by atoms with E-state index in [9.17, 15) is 4.79 Å². The van der Waals surface area contributed by atoms with Crippen molar-refractivity contribution in [3.05, 3.63) is 34.4 Å². The Hall–Kier alpha value is -1.35. The number of rotatable bonds is 2. The van der Waals surface area contributed by atoms with E-state index in [0.717, 1.165) is 10.5 Å². The molecule has 20 heavy (non-hydrogen) atoms. The summed E-state index contributed by atoms with van der Waals surface area (Å²) in [4.78, 5) is 15.0. The quantitative estimate of drug-likeness (QED) is 0.831. The number of fused-ring (bicyclic) bond motifs is 1. The predicted octanol–water partition coefficient (Wildman–Crippen LogP) is 2.67. The van der Waals surface area contributed by atoms with Crippen LogP contribution in [0.5, 0.6) is 0 Å². The third kappa shape index (κ3) is 2.88. The molecule has 3 nitrogen and oxygen atoms in total. The first kappa shape index (κ1) is 9.56. The molecule has 0 N–H and O–H groups in total. The van der Waals surface area contributed by atoms with Crippen molar-refractivity contribution >= 4 is 5.91 Å². The second kappa shape index (κ2) is 5.21. The number of nitrogens with zero attached hydrogens (tertiary/aromatic N) is 2. The first-order valence-electron chi connectivity index (χ1n) is 9.34. The van der Waals surface area contributed by atoms with Crippen LogP contribution in [0, 0.1) is 0 Å². The lowest BCUT2D eigenvalue weighted by atomic mass is 9.81. The van der Waals surface area contributed by atoms with Gasteiger partial charge in [-0.25, -0.2) is 0 Å². The van der Waals surface area contributed by atoms with Gasteiger partial charge in [-0.1, -0.05) is 26.8 Å². The molecule has 0 fully saturated rings. The Kier molecular flexibility index (Phi) is 2.49. The summed E-state index contributed by atoms with van der Waals surface area (Å²) in [6, 6.07) is 3.54. The maximum atomic E-state index is 12.6. The van der Waals surface area contributed by atoms with Gasteiger partial charge >= 0.3 is 0 Å². The van der Waals surface area contributed by atoms with Crippen LogP contribution in [0.2, 0.25) is 0 Å². The Labute approximate surface area is 129 Å². The predicted molar refractivity (Wildman–Crippen MR) is 83.2 cm³/mol. The second-order valence-electron chi connectivity index (χ2n) is 6.45. The van der Waals surface area contributed by atoms with E-state index in [2.05, 4.69) is 0 Å². The Balaban J connectivity index is 2.75. The van der Waals surface area contributed by atoms with Gasteiger partial charge in [-0.2, -0.15) is 0 Å². The van der Waals surface area contributed by atoms with Crippen LogP contribution < -0.4 is 0 Å². The molecule has 0 atom stereocenters. The Bertz CT molecular complexity index is 692. The molecular formula is C17H26N2O. The van der Waals surface area contributed by atoms with Crippen molar-refractivity contribution in [2.75, 3.05) is 27.6 Å². The number of carbonyl (C=O) groups excluding carboxylic acids is 1. The summed E-state index contributed by atoms with van der Waals surface area (Å²) in [5, 5.41) is 0. The molecule has 1 aromatic rings. The van der Waals surface area contributed by atoms with Crippen LogP contribution in [0.4, 0.5) is 0 Å². The largest absolute Gasteiger partial charge is 0.341 e.